The molecule has 2 aliphatic rings. The first-order chi connectivity index (χ1) is 11.3. The summed E-state index contributed by atoms with van der Waals surface area (Å²) in [6, 6.07) is 1.95. The van der Waals surface area contributed by atoms with Crippen LogP contribution in [0.4, 0.5) is 0 Å². The van der Waals surface area contributed by atoms with E-state index in [0.29, 0.717) is 11.6 Å². The monoisotopic (exact) mass is 314 g/mol. The van der Waals surface area contributed by atoms with Crippen LogP contribution in [0.3, 0.4) is 0 Å². The minimum atomic E-state index is 0.0851. The maximum absolute atomic E-state index is 12.8. The van der Waals surface area contributed by atoms with E-state index in [0.717, 1.165) is 63.2 Å². The van der Waals surface area contributed by atoms with Gasteiger partial charge in [0.15, 0.2) is 5.69 Å². The average molecular weight is 314 g/mol. The lowest BCUT2D eigenvalue weighted by molar-refractivity contribution is 0.0674. The number of hydrogen-bond acceptors (Lipinski definition) is 4. The molecule has 0 aliphatic carbocycles. The molecule has 7 heteroatoms. The first kappa shape index (κ1) is 14.4. The van der Waals surface area contributed by atoms with Crippen molar-refractivity contribution in [2.75, 3.05) is 19.6 Å². The molecule has 4 heterocycles. The van der Waals surface area contributed by atoms with E-state index in [4.69, 9.17) is 0 Å². The molecule has 2 N–H and O–H groups in total. The summed E-state index contributed by atoms with van der Waals surface area (Å²) in [7, 11) is 0. The van der Waals surface area contributed by atoms with E-state index in [2.05, 4.69) is 20.6 Å². The number of aromatic nitrogens is 4. The van der Waals surface area contributed by atoms with Gasteiger partial charge in [-0.05, 0) is 37.8 Å². The molecule has 0 aromatic carbocycles. The molecule has 1 amide bonds. The Morgan fingerprint density at radius 3 is 3.00 bits per heavy atom. The Balaban J connectivity index is 1.38. The Kier molecular flexibility index (Phi) is 3.87. The van der Waals surface area contributed by atoms with E-state index in [9.17, 15) is 4.79 Å². The molecule has 2 aromatic heterocycles. The second kappa shape index (κ2) is 6.16. The number of likely N-dealkylation sites (tertiary alicyclic amines) is 1. The van der Waals surface area contributed by atoms with E-state index < -0.39 is 0 Å². The molecule has 1 saturated heterocycles. The molecule has 7 nitrogen and oxygen atoms in total. The number of nitrogens with one attached hydrogen (secondary N) is 2. The Morgan fingerprint density at radius 2 is 2.22 bits per heavy atom. The van der Waals surface area contributed by atoms with Gasteiger partial charge in [-0.25, -0.2) is 0 Å². The summed E-state index contributed by atoms with van der Waals surface area (Å²) in [5.74, 6) is 0.679. The number of carbonyl (C=O) groups excluding carboxylic acids is 1. The van der Waals surface area contributed by atoms with Gasteiger partial charge in [-0.2, -0.15) is 10.2 Å². The van der Waals surface area contributed by atoms with Crippen LogP contribution in [0.5, 0.6) is 0 Å². The van der Waals surface area contributed by atoms with Gasteiger partial charge in [-0.15, -0.1) is 0 Å². The van der Waals surface area contributed by atoms with Crippen LogP contribution in [0, 0.1) is 5.92 Å². The third-order valence-electron chi connectivity index (χ3n) is 4.92. The van der Waals surface area contributed by atoms with Crippen molar-refractivity contribution >= 4 is 5.91 Å². The van der Waals surface area contributed by atoms with Gasteiger partial charge >= 0.3 is 0 Å². The quantitative estimate of drug-likeness (QED) is 0.878. The third kappa shape index (κ3) is 2.88. The fraction of sp³-hybridized carbons (Fsp3) is 0.562. The fourth-order valence-corrected chi connectivity index (χ4v) is 3.56. The molecule has 2 aliphatic heterocycles. The predicted octanol–water partition coefficient (Wildman–Crippen LogP) is 0.804. The summed E-state index contributed by atoms with van der Waals surface area (Å²) in [5.41, 5.74) is 2.80. The molecule has 1 fully saturated rings. The van der Waals surface area contributed by atoms with E-state index in [1.807, 2.05) is 28.0 Å². The summed E-state index contributed by atoms with van der Waals surface area (Å²) in [4.78, 5) is 14.7. The van der Waals surface area contributed by atoms with Gasteiger partial charge < -0.3 is 10.2 Å². The van der Waals surface area contributed by atoms with Crippen molar-refractivity contribution in [2.24, 2.45) is 5.92 Å². The van der Waals surface area contributed by atoms with Crippen molar-refractivity contribution in [3.8, 4) is 0 Å². The lowest BCUT2D eigenvalue weighted by atomic mass is 9.96. The molecule has 0 bridgehead atoms. The highest BCUT2D eigenvalue weighted by Crippen LogP contribution is 2.22. The van der Waals surface area contributed by atoms with Crippen LogP contribution in [0.15, 0.2) is 18.5 Å². The molecule has 0 radical (unpaired) electrons. The number of aromatic amines is 1. The molecule has 122 valence electrons. The van der Waals surface area contributed by atoms with Crippen molar-refractivity contribution in [1.82, 2.24) is 30.2 Å². The molecule has 0 saturated carbocycles. The zero-order valence-electron chi connectivity index (χ0n) is 13.2. The number of rotatable bonds is 3. The van der Waals surface area contributed by atoms with Crippen LogP contribution in [-0.4, -0.2) is 50.4 Å². The Bertz CT molecular complexity index is 669. The number of amides is 1. The van der Waals surface area contributed by atoms with Crippen molar-refractivity contribution < 1.29 is 4.79 Å². The molecular weight excluding hydrogens is 292 g/mol. The number of fused-ring (bicyclic) bond motifs is 1. The Hall–Kier alpha value is -2.15. The van der Waals surface area contributed by atoms with Gasteiger partial charge in [0.1, 0.15) is 0 Å². The lowest BCUT2D eigenvalue weighted by Crippen LogP contribution is -2.40. The van der Waals surface area contributed by atoms with Crippen molar-refractivity contribution in [1.29, 1.82) is 0 Å². The highest BCUT2D eigenvalue weighted by molar-refractivity contribution is 5.94. The highest BCUT2D eigenvalue weighted by atomic mass is 16.2. The fourth-order valence-electron chi connectivity index (χ4n) is 3.56. The van der Waals surface area contributed by atoms with Crippen LogP contribution in [0.25, 0.3) is 0 Å². The van der Waals surface area contributed by atoms with Gasteiger partial charge in [0.2, 0.25) is 0 Å². The maximum Gasteiger partial charge on any atom is 0.274 e. The summed E-state index contributed by atoms with van der Waals surface area (Å²) >= 11 is 0. The minimum Gasteiger partial charge on any atom is -0.337 e. The maximum atomic E-state index is 12.8. The number of H-pyrrole nitrogens is 1. The zero-order chi connectivity index (χ0) is 15.6. The molecule has 2 aromatic rings. The third-order valence-corrected chi connectivity index (χ3v) is 4.92. The zero-order valence-corrected chi connectivity index (χ0v) is 13.2. The van der Waals surface area contributed by atoms with E-state index in [-0.39, 0.29) is 5.91 Å². The SMILES string of the molecule is O=C(c1n[nH]c2c1CCNC2)N1CCC(Cn2cccn2)CC1. The standard InChI is InChI=1S/C16H22N6O/c23-16(15-13-2-6-17-10-14(13)19-20-15)21-8-3-12(4-9-21)11-22-7-1-5-18-22/h1,5,7,12,17H,2-4,6,8-11H2,(H,19,20). The molecule has 0 atom stereocenters. The van der Waals surface area contributed by atoms with Gasteiger partial charge in [0.25, 0.3) is 5.91 Å². The summed E-state index contributed by atoms with van der Waals surface area (Å²) < 4.78 is 1.99. The predicted molar refractivity (Wildman–Crippen MR) is 84.9 cm³/mol. The number of hydrogen-bond donors (Lipinski definition) is 2. The van der Waals surface area contributed by atoms with Gasteiger partial charge in [-0.3, -0.25) is 14.6 Å². The normalized spacial score (nSPS) is 18.9. The van der Waals surface area contributed by atoms with Gasteiger partial charge in [0, 0.05) is 44.1 Å². The minimum absolute atomic E-state index is 0.0851. The Labute approximate surface area is 135 Å². The number of carbonyl (C=O) groups is 1. The Morgan fingerprint density at radius 1 is 1.35 bits per heavy atom. The van der Waals surface area contributed by atoms with Gasteiger partial charge in [-0.1, -0.05) is 0 Å². The second-order valence-corrected chi connectivity index (χ2v) is 6.42. The van der Waals surface area contributed by atoms with Crippen LogP contribution in [-0.2, 0) is 19.5 Å². The van der Waals surface area contributed by atoms with Crippen LogP contribution < -0.4 is 5.32 Å². The first-order valence-corrected chi connectivity index (χ1v) is 8.35. The summed E-state index contributed by atoms with van der Waals surface area (Å²) in [6.45, 7) is 4.26. The number of nitrogens with zero attached hydrogens (tertiary/aromatic N) is 4. The topological polar surface area (TPSA) is 78.8 Å². The largest absolute Gasteiger partial charge is 0.337 e. The van der Waals surface area contributed by atoms with E-state index in [1.165, 1.54) is 0 Å². The first-order valence-electron chi connectivity index (χ1n) is 8.35. The summed E-state index contributed by atoms with van der Waals surface area (Å²) in [5, 5.41) is 14.9. The van der Waals surface area contributed by atoms with Crippen molar-refractivity contribution in [2.45, 2.75) is 32.4 Å². The second-order valence-electron chi connectivity index (χ2n) is 6.42. The van der Waals surface area contributed by atoms with Gasteiger partial charge in [0.05, 0.1) is 5.69 Å². The molecule has 0 unspecified atom stereocenters. The van der Waals surface area contributed by atoms with Crippen molar-refractivity contribution in [3.05, 3.63) is 35.4 Å². The van der Waals surface area contributed by atoms with Crippen LogP contribution >= 0.6 is 0 Å². The van der Waals surface area contributed by atoms with Crippen LogP contribution in [0.1, 0.15) is 34.6 Å². The number of piperidine rings is 1. The molecule has 4 rings (SSSR count). The summed E-state index contributed by atoms with van der Waals surface area (Å²) in [6.07, 6.45) is 6.75. The molecular formula is C16H22N6O. The highest BCUT2D eigenvalue weighted by Gasteiger charge is 2.28. The average Bonchev–Trinajstić information content (AvgIpc) is 3.24. The lowest BCUT2D eigenvalue weighted by Gasteiger charge is -2.31. The molecule has 23 heavy (non-hydrogen) atoms. The smallest absolute Gasteiger partial charge is 0.274 e. The molecule has 0 spiro atoms. The van der Waals surface area contributed by atoms with Crippen molar-refractivity contribution in [3.63, 3.8) is 0 Å². The van der Waals surface area contributed by atoms with E-state index >= 15 is 0 Å². The van der Waals surface area contributed by atoms with E-state index in [1.54, 1.807) is 0 Å². The van der Waals surface area contributed by atoms with Crippen LogP contribution in [0.2, 0.25) is 0 Å².